The quantitative estimate of drug-likeness (QED) is 0.0623. The molecular weight excluding hydrogens is 657 g/mol. The van der Waals surface area contributed by atoms with Crippen molar-refractivity contribution in [3.63, 3.8) is 0 Å². The van der Waals surface area contributed by atoms with Crippen LogP contribution in [0.2, 0.25) is 0 Å². The Morgan fingerprint density at radius 2 is 1.30 bits per heavy atom. The van der Waals surface area contributed by atoms with Crippen molar-refractivity contribution in [2.75, 3.05) is 83.8 Å². The maximum atomic E-state index is 12.4. The Hall–Kier alpha value is -2.14. The number of methoxy groups -OCH3 is 2. The average molecular weight is 699 g/mol. The van der Waals surface area contributed by atoms with Crippen molar-refractivity contribution in [3.05, 3.63) is 0 Å². The molecule has 0 aromatic heterocycles. The third kappa shape index (κ3) is 11.8. The summed E-state index contributed by atoms with van der Waals surface area (Å²) in [5, 5.41) is 5.66. The molecule has 2 N–H and O–H groups in total. The van der Waals surface area contributed by atoms with Gasteiger partial charge in [0.2, 0.25) is 0 Å². The number of nitrogens with one attached hydrogen (secondary N) is 2. The van der Waals surface area contributed by atoms with Gasteiger partial charge in [-0.2, -0.15) is 0 Å². The fourth-order valence-electron chi connectivity index (χ4n) is 4.56. The van der Waals surface area contributed by atoms with Crippen LogP contribution in [0.25, 0.3) is 0 Å². The van der Waals surface area contributed by atoms with Crippen LogP contribution in [0.4, 0.5) is 0 Å². The number of halogens is 1. The van der Waals surface area contributed by atoms with Gasteiger partial charge in [-0.25, -0.2) is 0 Å². The van der Waals surface area contributed by atoms with E-state index in [2.05, 4.69) is 20.5 Å². The molecule has 2 saturated heterocycles. The molecule has 2 heterocycles. The van der Waals surface area contributed by atoms with Gasteiger partial charge in [0, 0.05) is 12.8 Å². The molecule has 2 fully saturated rings. The summed E-state index contributed by atoms with van der Waals surface area (Å²) >= 11 is 0.0873. The molecule has 0 radical (unpaired) electrons. The molecule has 13 nitrogen and oxygen atoms in total. The smallest absolute Gasteiger partial charge is 0.469 e. The van der Waals surface area contributed by atoms with E-state index in [1.807, 2.05) is 8.93 Å². The Morgan fingerprint density at radius 1 is 0.850 bits per heavy atom. The van der Waals surface area contributed by atoms with E-state index in [4.69, 9.17) is 9.47 Å². The first-order valence-electron chi connectivity index (χ1n) is 13.3. The Morgan fingerprint density at radius 3 is 1.70 bits per heavy atom. The second-order valence-electron chi connectivity index (χ2n) is 9.54. The Balaban J connectivity index is 1.67. The summed E-state index contributed by atoms with van der Waals surface area (Å²) in [6.07, 6.45) is 0.802. The number of carbonyl (C=O) groups excluding carboxylic acids is 6. The molecule has 0 bridgehead atoms. The van der Waals surface area contributed by atoms with E-state index < -0.39 is 23.8 Å². The first-order chi connectivity index (χ1) is 19.2. The van der Waals surface area contributed by atoms with Crippen LogP contribution in [-0.2, 0) is 38.2 Å². The normalized spacial score (nSPS) is 18.9. The van der Waals surface area contributed by atoms with E-state index in [-0.39, 0.29) is 69.1 Å². The standard InChI is InChI=1S/C25H41IN5O8S/c1-26-40-13-12-29(8-4-20(32)27-6-10-30-16-18(14-22(30)34)24(36)38-2)9-5-21(33)28-7-11-31-17-19(15-23(31)35)25(37)39-3/h18-19H,4-17H2,1-3H3,(H,27,32)(H,28,33)/q-1. The van der Waals surface area contributed by atoms with Crippen LogP contribution in [0.1, 0.15) is 25.7 Å². The van der Waals surface area contributed by atoms with E-state index in [0.29, 0.717) is 52.4 Å². The number of rotatable bonds is 18. The Labute approximate surface area is 248 Å². The van der Waals surface area contributed by atoms with Gasteiger partial charge in [0.25, 0.3) is 0 Å². The summed E-state index contributed by atoms with van der Waals surface area (Å²) in [6, 6.07) is 0. The van der Waals surface area contributed by atoms with E-state index in [0.717, 1.165) is 12.3 Å². The van der Waals surface area contributed by atoms with Crippen molar-refractivity contribution in [1.29, 1.82) is 0 Å². The van der Waals surface area contributed by atoms with Gasteiger partial charge >= 0.3 is 182 Å². The summed E-state index contributed by atoms with van der Waals surface area (Å²) in [6.45, 7) is 3.67. The van der Waals surface area contributed by atoms with E-state index in [1.54, 1.807) is 9.80 Å². The van der Waals surface area contributed by atoms with E-state index in [9.17, 15) is 28.8 Å². The van der Waals surface area contributed by atoms with Crippen LogP contribution < -0.4 is 30.5 Å². The van der Waals surface area contributed by atoms with Gasteiger partial charge in [0.1, 0.15) is 0 Å². The fourth-order valence-corrected chi connectivity index (χ4v) is 6.95. The van der Waals surface area contributed by atoms with Crippen molar-refractivity contribution in [3.8, 4) is 0 Å². The predicted molar refractivity (Wildman–Crippen MR) is 143 cm³/mol. The van der Waals surface area contributed by atoms with Gasteiger partial charge < -0.3 is 9.47 Å². The number of hydrogen-bond acceptors (Lipinski definition) is 10. The van der Waals surface area contributed by atoms with Crippen molar-refractivity contribution in [2.45, 2.75) is 25.7 Å². The molecule has 2 rings (SSSR count). The van der Waals surface area contributed by atoms with Crippen molar-refractivity contribution in [2.24, 2.45) is 11.8 Å². The molecule has 0 aliphatic carbocycles. The number of alkyl halides is 1. The summed E-state index contributed by atoms with van der Waals surface area (Å²) in [5.41, 5.74) is 0. The van der Waals surface area contributed by atoms with Crippen LogP contribution in [0, 0.1) is 11.8 Å². The third-order valence-corrected chi connectivity index (χ3v) is 10.6. The number of carbonyl (C=O) groups is 6. The molecule has 0 aromatic rings. The Kier molecular flexibility index (Phi) is 15.6. The SMILES string of the molecule is COC(=O)C1CC(=O)N(CCNC(=O)CCN(CCS[I-]C)CCC(=O)NCCN2CC(C(=O)OC)CC2=O)C1. The molecule has 2 aliphatic heterocycles. The molecule has 15 heteroatoms. The number of ether oxygens (including phenoxy) is 2. The topological polar surface area (TPSA) is 155 Å². The van der Waals surface area contributed by atoms with Crippen molar-refractivity contribution >= 4 is 44.5 Å². The maximum absolute atomic E-state index is 12.4. The second-order valence-corrected chi connectivity index (χ2v) is 15.0. The van der Waals surface area contributed by atoms with E-state index in [1.165, 1.54) is 14.2 Å². The monoisotopic (exact) mass is 698 g/mol. The molecule has 0 saturated carbocycles. The predicted octanol–water partition coefficient (Wildman–Crippen LogP) is -4.29. The first kappa shape index (κ1) is 34.1. The summed E-state index contributed by atoms with van der Waals surface area (Å²) in [4.78, 5) is 79.7. The van der Waals surface area contributed by atoms with Crippen molar-refractivity contribution < 1.29 is 58.1 Å². The average Bonchev–Trinajstić information content (AvgIpc) is 3.50. The molecule has 2 atom stereocenters. The number of esters is 2. The molecule has 4 amide bonds. The fraction of sp³-hybridized carbons (Fsp3) is 0.760. The number of hydrogen-bond donors (Lipinski definition) is 2. The number of amides is 4. The van der Waals surface area contributed by atoms with E-state index >= 15 is 0 Å². The van der Waals surface area contributed by atoms with Gasteiger partial charge in [-0.15, -0.1) is 0 Å². The van der Waals surface area contributed by atoms with Crippen molar-refractivity contribution in [1.82, 2.24) is 25.3 Å². The molecule has 0 aromatic carbocycles. The zero-order valence-corrected chi connectivity index (χ0v) is 26.4. The van der Waals surface area contributed by atoms with Gasteiger partial charge in [-0.05, 0) is 0 Å². The molecule has 40 heavy (non-hydrogen) atoms. The molecule has 0 spiro atoms. The summed E-state index contributed by atoms with van der Waals surface area (Å²) in [7, 11) is 4.50. The van der Waals surface area contributed by atoms with Gasteiger partial charge in [-0.1, -0.05) is 0 Å². The molecular formula is C25H41IN5O8S-. The van der Waals surface area contributed by atoms with Gasteiger partial charge in [0.05, 0.1) is 26.1 Å². The molecule has 2 aliphatic rings. The van der Waals surface area contributed by atoms with Crippen LogP contribution in [0.5, 0.6) is 0 Å². The van der Waals surface area contributed by atoms with Gasteiger partial charge in [-0.3, -0.25) is 19.2 Å². The minimum atomic E-state index is -0.455. The number of nitrogens with zero attached hydrogens (tertiary/aromatic N) is 3. The second kappa shape index (κ2) is 18.3. The third-order valence-electron chi connectivity index (χ3n) is 6.81. The van der Waals surface area contributed by atoms with Crippen LogP contribution in [0.3, 0.4) is 0 Å². The van der Waals surface area contributed by atoms with Crippen LogP contribution in [0.15, 0.2) is 0 Å². The first-order valence-corrected chi connectivity index (χ1v) is 18.9. The molecule has 228 valence electrons. The number of likely N-dealkylation sites (tertiary alicyclic amines) is 2. The zero-order chi connectivity index (χ0) is 29.5. The summed E-state index contributed by atoms with van der Waals surface area (Å²) in [5.74, 6) is -1.29. The summed E-state index contributed by atoms with van der Waals surface area (Å²) < 4.78 is 9.42. The minimum absolute atomic E-state index is 0.0873. The zero-order valence-electron chi connectivity index (χ0n) is 23.4. The Bertz CT molecular complexity index is 844. The van der Waals surface area contributed by atoms with Crippen LogP contribution in [-0.4, -0.2) is 134 Å². The minimum Gasteiger partial charge on any atom is -0.469 e. The molecule has 2 unspecified atom stereocenters. The van der Waals surface area contributed by atoms with Gasteiger partial charge in [0.15, 0.2) is 0 Å². The van der Waals surface area contributed by atoms with Crippen LogP contribution >= 0.6 is 8.93 Å².